The van der Waals surface area contributed by atoms with E-state index in [1.807, 2.05) is 6.07 Å². The fourth-order valence-corrected chi connectivity index (χ4v) is 2.53. The Morgan fingerprint density at radius 3 is 2.44 bits per heavy atom. The summed E-state index contributed by atoms with van der Waals surface area (Å²) in [5.74, 6) is 1.21. The first-order valence-corrected chi connectivity index (χ1v) is 8.49. The molecule has 0 aliphatic rings. The molecule has 0 spiro atoms. The van der Waals surface area contributed by atoms with E-state index in [9.17, 15) is 4.79 Å². The van der Waals surface area contributed by atoms with E-state index in [2.05, 4.69) is 34.9 Å². The van der Waals surface area contributed by atoms with E-state index < -0.39 is 0 Å². The van der Waals surface area contributed by atoms with E-state index in [1.54, 1.807) is 32.4 Å². The van der Waals surface area contributed by atoms with Crippen LogP contribution in [0.5, 0.6) is 11.5 Å². The first-order chi connectivity index (χ1) is 12.2. The number of hydrogen-bond donors (Lipinski definition) is 2. The van der Waals surface area contributed by atoms with Crippen molar-refractivity contribution in [1.82, 2.24) is 5.32 Å². The van der Waals surface area contributed by atoms with Gasteiger partial charge in [0.05, 0.1) is 14.2 Å². The van der Waals surface area contributed by atoms with Gasteiger partial charge >= 0.3 is 0 Å². The lowest BCUT2D eigenvalue weighted by molar-refractivity contribution is -0.116. The molecule has 1 amide bonds. The average Bonchev–Trinajstić information content (AvgIpc) is 2.65. The zero-order valence-electron chi connectivity index (χ0n) is 14.9. The van der Waals surface area contributed by atoms with Gasteiger partial charge in [0, 0.05) is 24.7 Å². The summed E-state index contributed by atoms with van der Waals surface area (Å²) in [6, 6.07) is 15.7. The van der Waals surface area contributed by atoms with Gasteiger partial charge in [-0.2, -0.15) is 0 Å². The summed E-state index contributed by atoms with van der Waals surface area (Å²) in [5, 5.41) is 6.18. The highest BCUT2D eigenvalue weighted by atomic mass is 16.5. The van der Waals surface area contributed by atoms with Crippen molar-refractivity contribution in [2.45, 2.75) is 19.3 Å². The van der Waals surface area contributed by atoms with Crippen LogP contribution in [0.2, 0.25) is 0 Å². The zero-order valence-corrected chi connectivity index (χ0v) is 14.9. The Labute approximate surface area is 149 Å². The normalized spacial score (nSPS) is 10.3. The fourth-order valence-electron chi connectivity index (χ4n) is 2.53. The summed E-state index contributed by atoms with van der Waals surface area (Å²) in [5.41, 5.74) is 2.04. The van der Waals surface area contributed by atoms with Gasteiger partial charge in [0.25, 0.3) is 0 Å². The van der Waals surface area contributed by atoms with Crippen molar-refractivity contribution in [3.05, 3.63) is 54.1 Å². The average molecular weight is 342 g/mol. The minimum absolute atomic E-state index is 0.0252. The number of anilines is 1. The monoisotopic (exact) mass is 342 g/mol. The van der Waals surface area contributed by atoms with Crippen molar-refractivity contribution in [3.8, 4) is 11.5 Å². The number of carbonyl (C=O) groups excluding carboxylic acids is 1. The molecule has 2 rings (SSSR count). The number of nitrogens with one attached hydrogen (secondary N) is 2. The molecule has 0 heterocycles. The van der Waals surface area contributed by atoms with Gasteiger partial charge in [-0.25, -0.2) is 0 Å². The van der Waals surface area contributed by atoms with E-state index >= 15 is 0 Å². The van der Waals surface area contributed by atoms with Crippen LogP contribution in [0.1, 0.15) is 18.4 Å². The van der Waals surface area contributed by atoms with Crippen molar-refractivity contribution in [3.63, 3.8) is 0 Å². The smallest absolute Gasteiger partial charge is 0.225 e. The predicted octanol–water partition coefficient (Wildman–Crippen LogP) is 3.25. The number of rotatable bonds is 10. The molecule has 5 nitrogen and oxygen atoms in total. The van der Waals surface area contributed by atoms with Crippen LogP contribution in [0, 0.1) is 0 Å². The SMILES string of the molecule is COc1ccc(NC(=O)CCNCCCc2ccccc2)cc1OC. The second-order valence-electron chi connectivity index (χ2n) is 5.71. The topological polar surface area (TPSA) is 59.6 Å². The van der Waals surface area contributed by atoms with Crippen molar-refractivity contribution in [2.75, 3.05) is 32.6 Å². The van der Waals surface area contributed by atoms with Crippen LogP contribution in [-0.2, 0) is 11.2 Å². The summed E-state index contributed by atoms with van der Waals surface area (Å²) < 4.78 is 10.4. The van der Waals surface area contributed by atoms with Gasteiger partial charge in [0.2, 0.25) is 5.91 Å². The quantitative estimate of drug-likeness (QED) is 0.651. The second-order valence-corrected chi connectivity index (χ2v) is 5.71. The van der Waals surface area contributed by atoms with Crippen LogP contribution < -0.4 is 20.1 Å². The van der Waals surface area contributed by atoms with Gasteiger partial charge in [-0.3, -0.25) is 4.79 Å². The van der Waals surface area contributed by atoms with Gasteiger partial charge in [0.15, 0.2) is 11.5 Å². The highest BCUT2D eigenvalue weighted by Crippen LogP contribution is 2.29. The predicted molar refractivity (Wildman–Crippen MR) is 100 cm³/mol. The van der Waals surface area contributed by atoms with Crippen molar-refractivity contribution in [1.29, 1.82) is 0 Å². The van der Waals surface area contributed by atoms with E-state index in [0.717, 1.165) is 19.4 Å². The molecular formula is C20H26N2O3. The lowest BCUT2D eigenvalue weighted by atomic mass is 10.1. The summed E-state index contributed by atoms with van der Waals surface area (Å²) in [7, 11) is 3.16. The summed E-state index contributed by atoms with van der Waals surface area (Å²) >= 11 is 0. The molecule has 0 aliphatic heterocycles. The molecule has 2 aromatic carbocycles. The molecular weight excluding hydrogens is 316 g/mol. The lowest BCUT2D eigenvalue weighted by Gasteiger charge is -2.11. The first kappa shape index (κ1) is 18.8. The summed E-state index contributed by atoms with van der Waals surface area (Å²) in [4.78, 5) is 12.0. The van der Waals surface area contributed by atoms with Crippen LogP contribution >= 0.6 is 0 Å². The third-order valence-corrected chi connectivity index (χ3v) is 3.86. The second kappa shape index (κ2) is 10.4. The Hall–Kier alpha value is -2.53. The highest BCUT2D eigenvalue weighted by Gasteiger charge is 2.07. The number of amides is 1. The molecule has 0 aliphatic carbocycles. The molecule has 0 bridgehead atoms. The standard InChI is InChI=1S/C20H26N2O3/c1-24-18-11-10-17(15-19(18)25-2)22-20(23)12-14-21-13-6-9-16-7-4-3-5-8-16/h3-5,7-8,10-11,15,21H,6,9,12-14H2,1-2H3,(H,22,23). The Kier molecular flexibility index (Phi) is 7.79. The minimum atomic E-state index is -0.0252. The number of ether oxygens (including phenoxy) is 2. The molecule has 2 aromatic rings. The third kappa shape index (κ3) is 6.47. The number of hydrogen-bond acceptors (Lipinski definition) is 4. The minimum Gasteiger partial charge on any atom is -0.493 e. The van der Waals surface area contributed by atoms with E-state index in [4.69, 9.17) is 9.47 Å². The van der Waals surface area contributed by atoms with Crippen LogP contribution in [0.4, 0.5) is 5.69 Å². The van der Waals surface area contributed by atoms with Crippen LogP contribution in [-0.4, -0.2) is 33.2 Å². The van der Waals surface area contributed by atoms with E-state index in [1.165, 1.54) is 5.56 Å². The Morgan fingerprint density at radius 2 is 1.72 bits per heavy atom. The maximum absolute atomic E-state index is 12.0. The Balaban J connectivity index is 1.64. The molecule has 5 heteroatoms. The molecule has 0 aromatic heterocycles. The maximum Gasteiger partial charge on any atom is 0.225 e. The molecule has 134 valence electrons. The molecule has 25 heavy (non-hydrogen) atoms. The van der Waals surface area contributed by atoms with E-state index in [-0.39, 0.29) is 5.91 Å². The number of methoxy groups -OCH3 is 2. The van der Waals surface area contributed by atoms with Gasteiger partial charge < -0.3 is 20.1 Å². The van der Waals surface area contributed by atoms with E-state index in [0.29, 0.717) is 30.2 Å². The van der Waals surface area contributed by atoms with Crippen LogP contribution in [0.15, 0.2) is 48.5 Å². The molecule has 0 fully saturated rings. The lowest BCUT2D eigenvalue weighted by Crippen LogP contribution is -2.23. The van der Waals surface area contributed by atoms with Crippen molar-refractivity contribution >= 4 is 11.6 Å². The highest BCUT2D eigenvalue weighted by molar-refractivity contribution is 5.91. The summed E-state index contributed by atoms with van der Waals surface area (Å²) in [6.07, 6.45) is 2.53. The maximum atomic E-state index is 12.0. The number of benzene rings is 2. The molecule has 0 atom stereocenters. The Morgan fingerprint density at radius 1 is 0.960 bits per heavy atom. The third-order valence-electron chi connectivity index (χ3n) is 3.86. The van der Waals surface area contributed by atoms with Crippen molar-refractivity contribution < 1.29 is 14.3 Å². The fraction of sp³-hybridized carbons (Fsp3) is 0.350. The first-order valence-electron chi connectivity index (χ1n) is 8.49. The molecule has 0 radical (unpaired) electrons. The Bertz CT molecular complexity index is 659. The van der Waals surface area contributed by atoms with Crippen LogP contribution in [0.25, 0.3) is 0 Å². The van der Waals surface area contributed by atoms with Gasteiger partial charge in [-0.15, -0.1) is 0 Å². The van der Waals surface area contributed by atoms with Gasteiger partial charge in [-0.1, -0.05) is 30.3 Å². The molecule has 0 saturated heterocycles. The molecule has 0 unspecified atom stereocenters. The summed E-state index contributed by atoms with van der Waals surface area (Å²) in [6.45, 7) is 1.56. The van der Waals surface area contributed by atoms with Gasteiger partial charge in [-0.05, 0) is 37.1 Å². The molecule has 0 saturated carbocycles. The molecule has 2 N–H and O–H groups in total. The number of carbonyl (C=O) groups is 1. The zero-order chi connectivity index (χ0) is 17.9. The largest absolute Gasteiger partial charge is 0.493 e. The van der Waals surface area contributed by atoms with Crippen LogP contribution in [0.3, 0.4) is 0 Å². The van der Waals surface area contributed by atoms with Crippen molar-refractivity contribution in [2.24, 2.45) is 0 Å². The number of aryl methyl sites for hydroxylation is 1. The van der Waals surface area contributed by atoms with Gasteiger partial charge in [0.1, 0.15) is 0 Å².